The van der Waals surface area contributed by atoms with E-state index in [0.29, 0.717) is 5.56 Å². The van der Waals surface area contributed by atoms with Gasteiger partial charge in [0.1, 0.15) is 12.3 Å². The fourth-order valence-electron chi connectivity index (χ4n) is 1.96. The third-order valence-electron chi connectivity index (χ3n) is 2.95. The van der Waals surface area contributed by atoms with Gasteiger partial charge < -0.3 is 15.1 Å². The van der Waals surface area contributed by atoms with Crippen molar-refractivity contribution in [3.8, 4) is 0 Å². The summed E-state index contributed by atoms with van der Waals surface area (Å²) >= 11 is 0. The largest absolute Gasteiger partial charge is 0.390 e. The van der Waals surface area contributed by atoms with Crippen LogP contribution in [-0.4, -0.2) is 38.6 Å². The molecule has 0 spiro atoms. The van der Waals surface area contributed by atoms with Crippen LogP contribution >= 0.6 is 0 Å². The lowest BCUT2D eigenvalue weighted by atomic mass is 10.2. The highest BCUT2D eigenvalue weighted by molar-refractivity contribution is 5.02. The van der Waals surface area contributed by atoms with Crippen molar-refractivity contribution in [2.45, 2.75) is 31.8 Å². The van der Waals surface area contributed by atoms with E-state index < -0.39 is 29.7 Å². The molecule has 4 N–H and O–H groups in total. The van der Waals surface area contributed by atoms with Crippen molar-refractivity contribution in [3.05, 3.63) is 32.6 Å². The molecule has 1 aromatic heterocycles. The minimum Gasteiger partial charge on any atom is -0.390 e. The fraction of sp³-hybridized carbons (Fsp3) is 0.600. The zero-order chi connectivity index (χ0) is 13.3. The lowest BCUT2D eigenvalue weighted by Crippen LogP contribution is -2.34. The number of nitrogens with zero attached hydrogens (tertiary/aromatic N) is 1. The molecule has 0 radical (unpaired) electrons. The summed E-state index contributed by atoms with van der Waals surface area (Å²) in [5.74, 6) is 0. The summed E-state index contributed by atoms with van der Waals surface area (Å²) < 4.78 is 6.68. The normalized spacial score (nSPS) is 27.6. The van der Waals surface area contributed by atoms with Crippen LogP contribution in [0, 0.1) is 6.92 Å². The molecule has 1 aliphatic heterocycles. The zero-order valence-electron chi connectivity index (χ0n) is 9.79. The number of H-pyrrole nitrogens is 1. The lowest BCUT2D eigenvalue weighted by Gasteiger charge is -2.15. The monoisotopic (exact) mass is 257 g/mol. The summed E-state index contributed by atoms with van der Waals surface area (Å²) in [6.07, 6.45) is -0.417. The SMILES string of the molecule is Cc1cn([C@H]2C[C@H](O)[C@@H](CNO)O2)c(=O)[nH]c1=O. The maximum absolute atomic E-state index is 11.6. The van der Waals surface area contributed by atoms with Gasteiger partial charge in [-0.15, -0.1) is 0 Å². The molecule has 1 aromatic rings. The highest BCUT2D eigenvalue weighted by Crippen LogP contribution is 2.27. The summed E-state index contributed by atoms with van der Waals surface area (Å²) in [4.78, 5) is 25.0. The Labute approximate surface area is 102 Å². The second-order valence-corrected chi connectivity index (χ2v) is 4.27. The predicted molar refractivity (Wildman–Crippen MR) is 60.4 cm³/mol. The molecule has 8 heteroatoms. The molecule has 0 saturated carbocycles. The number of nitrogens with one attached hydrogen (secondary N) is 2. The molecule has 0 aromatic carbocycles. The number of hydrogen-bond donors (Lipinski definition) is 4. The molecular weight excluding hydrogens is 242 g/mol. The van der Waals surface area contributed by atoms with E-state index in [1.807, 2.05) is 5.48 Å². The number of rotatable bonds is 3. The van der Waals surface area contributed by atoms with E-state index in [0.717, 1.165) is 0 Å². The van der Waals surface area contributed by atoms with Crippen molar-refractivity contribution in [1.82, 2.24) is 15.0 Å². The van der Waals surface area contributed by atoms with Crippen molar-refractivity contribution in [3.63, 3.8) is 0 Å². The minimum atomic E-state index is -0.784. The summed E-state index contributed by atoms with van der Waals surface area (Å²) in [5.41, 5.74) is 1.28. The Morgan fingerprint density at radius 1 is 1.61 bits per heavy atom. The zero-order valence-corrected chi connectivity index (χ0v) is 9.79. The molecule has 0 bridgehead atoms. The number of aryl methyl sites for hydroxylation is 1. The first-order chi connectivity index (χ1) is 8.52. The van der Waals surface area contributed by atoms with Crippen molar-refractivity contribution >= 4 is 0 Å². The molecule has 1 fully saturated rings. The predicted octanol–water partition coefficient (Wildman–Crippen LogP) is -1.53. The van der Waals surface area contributed by atoms with Gasteiger partial charge in [0.2, 0.25) is 0 Å². The van der Waals surface area contributed by atoms with Crippen LogP contribution in [-0.2, 0) is 4.74 Å². The van der Waals surface area contributed by atoms with Gasteiger partial charge in [0.05, 0.1) is 6.10 Å². The van der Waals surface area contributed by atoms with Gasteiger partial charge in [0.15, 0.2) is 0 Å². The number of aliphatic hydroxyl groups is 1. The first-order valence-corrected chi connectivity index (χ1v) is 5.55. The van der Waals surface area contributed by atoms with E-state index in [2.05, 4.69) is 4.98 Å². The average molecular weight is 257 g/mol. The van der Waals surface area contributed by atoms with Crippen molar-refractivity contribution < 1.29 is 15.1 Å². The quantitative estimate of drug-likeness (QED) is 0.488. The Kier molecular flexibility index (Phi) is 3.62. The van der Waals surface area contributed by atoms with E-state index in [1.54, 1.807) is 6.92 Å². The number of hydrogen-bond acceptors (Lipinski definition) is 6. The van der Waals surface area contributed by atoms with Crippen LogP contribution in [0.15, 0.2) is 15.8 Å². The molecule has 2 rings (SSSR count). The Morgan fingerprint density at radius 2 is 2.33 bits per heavy atom. The van der Waals surface area contributed by atoms with E-state index in [1.165, 1.54) is 10.8 Å². The number of aliphatic hydroxyl groups excluding tert-OH is 1. The minimum absolute atomic E-state index is 0.0642. The Balaban J connectivity index is 2.26. The molecule has 18 heavy (non-hydrogen) atoms. The molecule has 1 saturated heterocycles. The van der Waals surface area contributed by atoms with Crippen LogP contribution in [0.5, 0.6) is 0 Å². The van der Waals surface area contributed by atoms with Crippen molar-refractivity contribution in [2.75, 3.05) is 6.54 Å². The summed E-state index contributed by atoms with van der Waals surface area (Å²) in [6.45, 7) is 1.64. The van der Waals surface area contributed by atoms with Crippen LogP contribution in [0.3, 0.4) is 0 Å². The maximum atomic E-state index is 11.6. The van der Waals surface area contributed by atoms with Crippen LogP contribution in [0.4, 0.5) is 0 Å². The van der Waals surface area contributed by atoms with Crippen molar-refractivity contribution in [1.29, 1.82) is 0 Å². The van der Waals surface area contributed by atoms with Crippen LogP contribution in [0.1, 0.15) is 18.2 Å². The van der Waals surface area contributed by atoms with Crippen molar-refractivity contribution in [2.24, 2.45) is 0 Å². The van der Waals surface area contributed by atoms with Crippen LogP contribution < -0.4 is 16.7 Å². The first-order valence-electron chi connectivity index (χ1n) is 5.55. The van der Waals surface area contributed by atoms with Gasteiger partial charge in [-0.1, -0.05) is 0 Å². The molecule has 0 amide bonds. The number of hydroxylamine groups is 1. The summed E-state index contributed by atoms with van der Waals surface area (Å²) in [5, 5.41) is 18.3. The third kappa shape index (κ3) is 2.36. The fourth-order valence-corrected chi connectivity index (χ4v) is 1.96. The smallest absolute Gasteiger partial charge is 0.330 e. The third-order valence-corrected chi connectivity index (χ3v) is 2.95. The van der Waals surface area contributed by atoms with Gasteiger partial charge in [-0.3, -0.25) is 14.3 Å². The highest BCUT2D eigenvalue weighted by atomic mass is 16.5. The number of ether oxygens (including phenoxy) is 1. The van der Waals surface area contributed by atoms with Crippen LogP contribution in [0.25, 0.3) is 0 Å². The number of aromatic amines is 1. The second kappa shape index (κ2) is 5.02. The van der Waals surface area contributed by atoms with Gasteiger partial charge in [-0.05, 0) is 6.92 Å². The highest BCUT2D eigenvalue weighted by Gasteiger charge is 2.35. The van der Waals surface area contributed by atoms with E-state index in [-0.39, 0.29) is 13.0 Å². The Hall–Kier alpha value is -1.48. The summed E-state index contributed by atoms with van der Waals surface area (Å²) in [7, 11) is 0. The van der Waals surface area contributed by atoms with Gasteiger partial charge >= 0.3 is 5.69 Å². The molecule has 0 unspecified atom stereocenters. The van der Waals surface area contributed by atoms with Gasteiger partial charge in [-0.2, -0.15) is 0 Å². The average Bonchev–Trinajstić information content (AvgIpc) is 2.66. The molecule has 2 heterocycles. The first kappa shape index (κ1) is 13.0. The molecule has 1 aliphatic rings. The van der Waals surface area contributed by atoms with Gasteiger partial charge in [-0.25, -0.2) is 10.3 Å². The summed E-state index contributed by atoms with van der Waals surface area (Å²) in [6, 6.07) is 0. The topological polar surface area (TPSA) is 117 Å². The Morgan fingerprint density at radius 3 is 3.00 bits per heavy atom. The number of aromatic nitrogens is 2. The standard InChI is InChI=1S/C10H15N3O5/c1-5-4-13(10(16)12-9(5)15)8-2-6(14)7(18-8)3-11-17/h4,6-8,11,14,17H,2-3H2,1H3,(H,12,15,16)/t6-,7+,8+/m0/s1. The second-order valence-electron chi connectivity index (χ2n) is 4.27. The lowest BCUT2D eigenvalue weighted by molar-refractivity contribution is -0.0349. The van der Waals surface area contributed by atoms with E-state index in [4.69, 9.17) is 9.94 Å². The molecular formula is C10H15N3O5. The van der Waals surface area contributed by atoms with Crippen LogP contribution in [0.2, 0.25) is 0 Å². The van der Waals surface area contributed by atoms with E-state index >= 15 is 0 Å². The maximum Gasteiger partial charge on any atom is 0.330 e. The molecule has 100 valence electrons. The molecule has 8 nitrogen and oxygen atoms in total. The van der Waals surface area contributed by atoms with Gasteiger partial charge in [0, 0.05) is 24.7 Å². The van der Waals surface area contributed by atoms with Gasteiger partial charge in [0.25, 0.3) is 5.56 Å². The molecule has 3 atom stereocenters. The Bertz CT molecular complexity index is 537. The molecule has 0 aliphatic carbocycles. The van der Waals surface area contributed by atoms with E-state index in [9.17, 15) is 14.7 Å².